The largest absolute Gasteiger partial charge is 0.369 e. The van der Waals surface area contributed by atoms with E-state index < -0.39 is 5.91 Å². The van der Waals surface area contributed by atoms with Gasteiger partial charge in [-0.25, -0.2) is 4.68 Å². The Balaban J connectivity index is 1.64. The fourth-order valence-electron chi connectivity index (χ4n) is 3.96. The summed E-state index contributed by atoms with van der Waals surface area (Å²) in [4.78, 5) is 12.3. The molecule has 0 aliphatic carbocycles. The van der Waals surface area contributed by atoms with E-state index in [0.717, 1.165) is 29.3 Å². The van der Waals surface area contributed by atoms with Gasteiger partial charge >= 0.3 is 0 Å². The summed E-state index contributed by atoms with van der Waals surface area (Å²) in [5.41, 5.74) is 6.98. The second-order valence-corrected chi connectivity index (χ2v) is 8.52. The van der Waals surface area contributed by atoms with Crippen molar-refractivity contribution in [2.45, 2.75) is 50.4 Å². The first-order chi connectivity index (χ1) is 11.9. The molecule has 9 heteroatoms. The van der Waals surface area contributed by atoms with Gasteiger partial charge in [0, 0.05) is 17.3 Å². The lowest BCUT2D eigenvalue weighted by molar-refractivity contribution is -0.118. The van der Waals surface area contributed by atoms with E-state index in [1.807, 2.05) is 0 Å². The molecule has 0 aromatic carbocycles. The van der Waals surface area contributed by atoms with Gasteiger partial charge in [0.05, 0.1) is 28.9 Å². The van der Waals surface area contributed by atoms with Crippen LogP contribution in [0.5, 0.6) is 0 Å². The molecule has 134 valence electrons. The van der Waals surface area contributed by atoms with Crippen molar-refractivity contribution in [2.24, 2.45) is 5.73 Å². The van der Waals surface area contributed by atoms with E-state index in [2.05, 4.69) is 28.6 Å². The number of thiophene rings is 1. The van der Waals surface area contributed by atoms with Gasteiger partial charge in [0.25, 0.3) is 0 Å². The average Bonchev–Trinajstić information content (AvgIpc) is 3.13. The number of nitrogens with zero attached hydrogens (tertiary/aromatic N) is 3. The molecule has 3 unspecified atom stereocenters. The molecule has 2 aliphatic rings. The lowest BCUT2D eigenvalue weighted by Gasteiger charge is -2.45. The molecule has 1 fully saturated rings. The summed E-state index contributed by atoms with van der Waals surface area (Å²) in [6.07, 6.45) is 4.33. The van der Waals surface area contributed by atoms with Crippen molar-refractivity contribution >= 4 is 28.8 Å². The normalized spacial score (nSPS) is 28.9. The monoisotopic (exact) mass is 381 g/mol. The fraction of sp³-hybridized carbons (Fsp3) is 0.562. The minimum atomic E-state index is -0.439. The van der Waals surface area contributed by atoms with Crippen LogP contribution in [0.4, 0.5) is 0 Å². The fourth-order valence-corrected chi connectivity index (χ4v) is 5.42. The molecule has 0 saturated carbocycles. The van der Waals surface area contributed by atoms with Crippen molar-refractivity contribution in [1.82, 2.24) is 20.3 Å². The predicted molar refractivity (Wildman–Crippen MR) is 94.5 cm³/mol. The lowest BCUT2D eigenvalue weighted by Crippen LogP contribution is -2.49. The van der Waals surface area contributed by atoms with Crippen molar-refractivity contribution in [3.05, 3.63) is 32.7 Å². The Morgan fingerprint density at radius 2 is 2.44 bits per heavy atom. The van der Waals surface area contributed by atoms with Crippen molar-refractivity contribution in [2.75, 3.05) is 6.61 Å². The number of piperidine rings is 1. The molecule has 1 saturated heterocycles. The lowest BCUT2D eigenvalue weighted by atomic mass is 9.79. The van der Waals surface area contributed by atoms with Crippen LogP contribution in [-0.4, -0.2) is 33.5 Å². The van der Waals surface area contributed by atoms with Gasteiger partial charge in [0.1, 0.15) is 12.1 Å². The van der Waals surface area contributed by atoms with Gasteiger partial charge in [0.2, 0.25) is 5.91 Å². The summed E-state index contributed by atoms with van der Waals surface area (Å²) in [6, 6.07) is 2.32. The van der Waals surface area contributed by atoms with E-state index in [-0.39, 0.29) is 24.2 Å². The second-order valence-electron chi connectivity index (χ2n) is 6.83. The Bertz CT molecular complexity index is 806. The minimum absolute atomic E-state index is 0.00259. The average molecular weight is 382 g/mol. The number of ether oxygens (including phenoxy) is 1. The number of nitrogens with two attached hydrogens (primary N) is 1. The molecule has 1 spiro atoms. The molecule has 1 amide bonds. The molecule has 7 nitrogen and oxygen atoms in total. The van der Waals surface area contributed by atoms with Crippen molar-refractivity contribution in [3.8, 4) is 0 Å². The third-order valence-electron chi connectivity index (χ3n) is 4.83. The van der Waals surface area contributed by atoms with Crippen LogP contribution in [0, 0.1) is 0 Å². The first-order valence-corrected chi connectivity index (χ1v) is 9.52. The van der Waals surface area contributed by atoms with E-state index in [0.29, 0.717) is 6.61 Å². The maximum atomic E-state index is 11.1. The minimum Gasteiger partial charge on any atom is -0.369 e. The van der Waals surface area contributed by atoms with Gasteiger partial charge in [-0.2, -0.15) is 0 Å². The van der Waals surface area contributed by atoms with Gasteiger partial charge in [-0.1, -0.05) is 16.8 Å². The van der Waals surface area contributed by atoms with Gasteiger partial charge in [-0.05, 0) is 31.4 Å². The van der Waals surface area contributed by atoms with Crippen molar-refractivity contribution in [3.63, 3.8) is 0 Å². The first kappa shape index (κ1) is 17.0. The summed E-state index contributed by atoms with van der Waals surface area (Å²) in [6.45, 7) is 2.88. The SMILES string of the molecule is CC1CC2(CC(c3cn(CC(N)=O)nn3)N1)OCCc1cc(Cl)sc12. The van der Waals surface area contributed by atoms with Crippen LogP contribution in [0.1, 0.15) is 41.9 Å². The smallest absolute Gasteiger partial charge is 0.239 e. The highest BCUT2D eigenvalue weighted by molar-refractivity contribution is 7.16. The summed E-state index contributed by atoms with van der Waals surface area (Å²) >= 11 is 7.89. The predicted octanol–water partition coefficient (Wildman–Crippen LogP) is 1.76. The molecule has 3 N–H and O–H groups in total. The van der Waals surface area contributed by atoms with Crippen LogP contribution >= 0.6 is 22.9 Å². The van der Waals surface area contributed by atoms with E-state index in [1.165, 1.54) is 15.1 Å². The molecule has 0 bridgehead atoms. The van der Waals surface area contributed by atoms with E-state index >= 15 is 0 Å². The van der Waals surface area contributed by atoms with Crippen molar-refractivity contribution < 1.29 is 9.53 Å². The van der Waals surface area contributed by atoms with E-state index in [9.17, 15) is 4.79 Å². The first-order valence-electron chi connectivity index (χ1n) is 8.32. The van der Waals surface area contributed by atoms with Crippen LogP contribution in [-0.2, 0) is 28.1 Å². The van der Waals surface area contributed by atoms with Crippen LogP contribution in [0.2, 0.25) is 4.34 Å². The zero-order valence-electron chi connectivity index (χ0n) is 13.9. The summed E-state index contributed by atoms with van der Waals surface area (Å²) in [5, 5.41) is 11.8. The number of aromatic nitrogens is 3. The van der Waals surface area contributed by atoms with E-state index in [4.69, 9.17) is 22.1 Å². The zero-order chi connectivity index (χ0) is 17.6. The van der Waals surface area contributed by atoms with Crippen LogP contribution in [0.25, 0.3) is 0 Å². The molecule has 2 aromatic rings. The summed E-state index contributed by atoms with van der Waals surface area (Å²) in [7, 11) is 0. The number of carbonyl (C=O) groups is 1. The Morgan fingerprint density at radius 3 is 3.24 bits per heavy atom. The topological polar surface area (TPSA) is 95.1 Å². The molecular weight excluding hydrogens is 362 g/mol. The molecule has 25 heavy (non-hydrogen) atoms. The molecular formula is C16H20ClN5O2S. The van der Waals surface area contributed by atoms with Gasteiger partial charge in [-0.3, -0.25) is 4.79 Å². The quantitative estimate of drug-likeness (QED) is 0.844. The number of rotatable bonds is 3. The van der Waals surface area contributed by atoms with Crippen LogP contribution < -0.4 is 11.1 Å². The van der Waals surface area contributed by atoms with Gasteiger partial charge in [-0.15, -0.1) is 16.4 Å². The number of hydrogen-bond acceptors (Lipinski definition) is 6. The number of fused-ring (bicyclic) bond motifs is 2. The molecule has 2 aliphatic heterocycles. The zero-order valence-corrected chi connectivity index (χ0v) is 15.4. The number of nitrogens with one attached hydrogen (secondary N) is 1. The summed E-state index contributed by atoms with van der Waals surface area (Å²) < 4.78 is 8.61. The summed E-state index contributed by atoms with van der Waals surface area (Å²) in [5.74, 6) is -0.439. The molecule has 4 rings (SSSR count). The number of halogens is 1. The molecule has 4 heterocycles. The second kappa shape index (κ2) is 6.35. The molecule has 0 radical (unpaired) electrons. The van der Waals surface area contributed by atoms with Gasteiger partial charge < -0.3 is 15.8 Å². The van der Waals surface area contributed by atoms with E-state index in [1.54, 1.807) is 17.5 Å². The highest BCUT2D eigenvalue weighted by Crippen LogP contribution is 2.49. The number of amides is 1. The highest BCUT2D eigenvalue weighted by atomic mass is 35.5. The maximum absolute atomic E-state index is 11.1. The Kier molecular flexibility index (Phi) is 4.31. The van der Waals surface area contributed by atoms with Crippen LogP contribution in [0.15, 0.2) is 12.3 Å². The Hall–Kier alpha value is -1.48. The Labute approximate surface area is 154 Å². The highest BCUT2D eigenvalue weighted by Gasteiger charge is 2.46. The number of hydrogen-bond donors (Lipinski definition) is 2. The molecule has 2 aromatic heterocycles. The number of carbonyl (C=O) groups excluding carboxylic acids is 1. The Morgan fingerprint density at radius 1 is 1.60 bits per heavy atom. The molecule has 3 atom stereocenters. The van der Waals surface area contributed by atoms with Crippen LogP contribution in [0.3, 0.4) is 0 Å². The van der Waals surface area contributed by atoms with Gasteiger partial charge in [0.15, 0.2) is 0 Å². The van der Waals surface area contributed by atoms with Crippen molar-refractivity contribution in [1.29, 1.82) is 0 Å². The third-order valence-corrected chi connectivity index (χ3v) is 6.32. The standard InChI is InChI=1S/C16H20ClN5O2S/c1-9-5-16(15-10(2-3-24-16)4-13(17)25-15)6-11(19-9)12-7-22(21-20-12)8-14(18)23/h4,7,9,11,19H,2-3,5-6,8H2,1H3,(H2,18,23). The maximum Gasteiger partial charge on any atom is 0.239 e. The number of primary amides is 1. The third kappa shape index (κ3) is 3.19.